The van der Waals surface area contributed by atoms with Crippen LogP contribution in [0.5, 0.6) is 0 Å². The number of hydrogen-bond acceptors (Lipinski definition) is 5. The number of esters is 1. The van der Waals surface area contributed by atoms with E-state index in [4.69, 9.17) is 18.9 Å². The molecule has 90 valence electrons. The molecular formula is C11H16O5. The minimum atomic E-state index is -0.832. The second-order valence-corrected chi connectivity index (χ2v) is 3.98. The molecule has 2 aliphatic heterocycles. The lowest BCUT2D eigenvalue weighted by Crippen LogP contribution is -2.49. The van der Waals surface area contributed by atoms with Gasteiger partial charge in [0.05, 0.1) is 19.1 Å². The third-order valence-corrected chi connectivity index (χ3v) is 3.22. The molecule has 0 saturated carbocycles. The first-order valence-electron chi connectivity index (χ1n) is 5.18. The summed E-state index contributed by atoms with van der Waals surface area (Å²) in [6.07, 6.45) is 3.76. The van der Waals surface area contributed by atoms with Crippen molar-refractivity contribution in [1.29, 1.82) is 0 Å². The largest absolute Gasteiger partial charge is 0.469 e. The van der Waals surface area contributed by atoms with Gasteiger partial charge in [0.2, 0.25) is 0 Å². The summed E-state index contributed by atoms with van der Waals surface area (Å²) in [5, 5.41) is 0. The number of rotatable bonds is 4. The summed E-state index contributed by atoms with van der Waals surface area (Å²) in [7, 11) is 4.43. The van der Waals surface area contributed by atoms with Crippen LogP contribution in [0.4, 0.5) is 0 Å². The zero-order valence-corrected chi connectivity index (χ0v) is 9.64. The Morgan fingerprint density at radius 1 is 1.44 bits per heavy atom. The Hall–Kier alpha value is -0.910. The molecule has 3 unspecified atom stereocenters. The molecule has 0 amide bonds. The predicted molar refractivity (Wildman–Crippen MR) is 54.7 cm³/mol. The van der Waals surface area contributed by atoms with Crippen molar-refractivity contribution in [3.05, 3.63) is 12.2 Å². The Bertz CT molecular complexity index is 309. The van der Waals surface area contributed by atoms with E-state index in [0.717, 1.165) is 0 Å². The van der Waals surface area contributed by atoms with Crippen LogP contribution in [0, 0.1) is 5.92 Å². The smallest absolute Gasteiger partial charge is 0.312 e. The van der Waals surface area contributed by atoms with Gasteiger partial charge in [-0.05, 0) is 12.5 Å². The van der Waals surface area contributed by atoms with Crippen LogP contribution in [-0.2, 0) is 23.7 Å². The summed E-state index contributed by atoms with van der Waals surface area (Å²) in [4.78, 5) is 11.7. The molecular weight excluding hydrogens is 212 g/mol. The van der Waals surface area contributed by atoms with Crippen LogP contribution in [0.2, 0.25) is 0 Å². The molecule has 5 nitrogen and oxygen atoms in total. The molecule has 3 atom stereocenters. The van der Waals surface area contributed by atoms with Crippen LogP contribution in [0.15, 0.2) is 12.2 Å². The average Bonchev–Trinajstić information content (AvgIpc) is 2.87. The fourth-order valence-corrected chi connectivity index (χ4v) is 2.53. The van der Waals surface area contributed by atoms with Gasteiger partial charge in [-0.2, -0.15) is 0 Å². The van der Waals surface area contributed by atoms with Gasteiger partial charge in [-0.25, -0.2) is 0 Å². The van der Waals surface area contributed by atoms with Gasteiger partial charge in [-0.3, -0.25) is 4.79 Å². The number of methoxy groups -OCH3 is 3. The fourth-order valence-electron chi connectivity index (χ4n) is 2.53. The van der Waals surface area contributed by atoms with Gasteiger partial charge in [0.1, 0.15) is 0 Å². The molecule has 0 N–H and O–H groups in total. The Morgan fingerprint density at radius 3 is 2.62 bits per heavy atom. The van der Waals surface area contributed by atoms with Crippen LogP contribution < -0.4 is 0 Å². The first-order chi connectivity index (χ1) is 7.67. The van der Waals surface area contributed by atoms with Crippen molar-refractivity contribution < 1.29 is 23.7 Å². The summed E-state index contributed by atoms with van der Waals surface area (Å²) in [5.41, 5.74) is -0.832. The highest BCUT2D eigenvalue weighted by atomic mass is 16.7. The zero-order valence-electron chi connectivity index (χ0n) is 9.64. The first-order valence-corrected chi connectivity index (χ1v) is 5.18. The van der Waals surface area contributed by atoms with Crippen molar-refractivity contribution >= 4 is 5.97 Å². The van der Waals surface area contributed by atoms with Crippen molar-refractivity contribution in [3.63, 3.8) is 0 Å². The number of hydrogen-bond donors (Lipinski definition) is 0. The molecule has 16 heavy (non-hydrogen) atoms. The Labute approximate surface area is 94.3 Å². The number of carbonyl (C=O) groups excluding carboxylic acids is 1. The van der Waals surface area contributed by atoms with E-state index in [1.54, 1.807) is 0 Å². The van der Waals surface area contributed by atoms with Crippen molar-refractivity contribution in [1.82, 2.24) is 0 Å². The van der Waals surface area contributed by atoms with E-state index in [0.29, 0.717) is 6.42 Å². The monoisotopic (exact) mass is 228 g/mol. The van der Waals surface area contributed by atoms with Gasteiger partial charge in [-0.1, -0.05) is 6.08 Å². The van der Waals surface area contributed by atoms with Gasteiger partial charge in [0.15, 0.2) is 11.9 Å². The number of fused-ring (bicyclic) bond motifs is 2. The van der Waals surface area contributed by atoms with E-state index in [9.17, 15) is 4.79 Å². The normalized spacial score (nSPS) is 36.0. The minimum Gasteiger partial charge on any atom is -0.469 e. The zero-order chi connectivity index (χ0) is 11.8. The highest BCUT2D eigenvalue weighted by molar-refractivity contribution is 5.75. The summed E-state index contributed by atoms with van der Waals surface area (Å²) < 4.78 is 21.0. The third-order valence-electron chi connectivity index (χ3n) is 3.22. The molecule has 1 fully saturated rings. The highest BCUT2D eigenvalue weighted by Crippen LogP contribution is 2.46. The Kier molecular flexibility index (Phi) is 3.01. The van der Waals surface area contributed by atoms with Crippen LogP contribution in [0.1, 0.15) is 6.42 Å². The SMILES string of the molecule is COC(=O)C1CC2C=CC1(C(OC)OC)O2. The topological polar surface area (TPSA) is 54.0 Å². The third kappa shape index (κ3) is 1.47. The minimum absolute atomic E-state index is 0.0445. The second kappa shape index (κ2) is 4.16. The van der Waals surface area contributed by atoms with E-state index < -0.39 is 11.9 Å². The summed E-state index contributed by atoms with van der Waals surface area (Å²) in [6, 6.07) is 0. The predicted octanol–water partition coefficient (Wildman–Crippen LogP) is 0.492. The molecule has 0 aromatic carbocycles. The molecule has 0 aliphatic carbocycles. The molecule has 0 aromatic heterocycles. The van der Waals surface area contributed by atoms with E-state index in [-0.39, 0.29) is 18.0 Å². The molecule has 1 saturated heterocycles. The van der Waals surface area contributed by atoms with Crippen molar-refractivity contribution in [3.8, 4) is 0 Å². The van der Waals surface area contributed by atoms with Gasteiger partial charge >= 0.3 is 5.97 Å². The standard InChI is InChI=1S/C11H16O5/c1-13-9(12)8-6-7-4-5-11(8,16-7)10(14-2)15-3/h4-5,7-8,10H,6H2,1-3H3. The van der Waals surface area contributed by atoms with Gasteiger partial charge in [0.25, 0.3) is 0 Å². The van der Waals surface area contributed by atoms with Crippen molar-refractivity contribution in [2.75, 3.05) is 21.3 Å². The lowest BCUT2D eigenvalue weighted by atomic mass is 9.82. The fraction of sp³-hybridized carbons (Fsp3) is 0.727. The second-order valence-electron chi connectivity index (χ2n) is 3.98. The maximum absolute atomic E-state index is 11.7. The van der Waals surface area contributed by atoms with E-state index in [1.807, 2.05) is 12.2 Å². The molecule has 0 aromatic rings. The molecule has 2 heterocycles. The summed E-state index contributed by atoms with van der Waals surface area (Å²) >= 11 is 0. The Morgan fingerprint density at radius 2 is 2.12 bits per heavy atom. The van der Waals surface area contributed by atoms with Crippen molar-refractivity contribution in [2.24, 2.45) is 5.92 Å². The summed E-state index contributed by atoms with van der Waals surface area (Å²) in [6.45, 7) is 0. The molecule has 5 heteroatoms. The number of ether oxygens (including phenoxy) is 4. The molecule has 2 aliphatic rings. The average molecular weight is 228 g/mol. The quantitative estimate of drug-likeness (QED) is 0.398. The highest BCUT2D eigenvalue weighted by Gasteiger charge is 2.59. The van der Waals surface area contributed by atoms with Gasteiger partial charge in [-0.15, -0.1) is 0 Å². The van der Waals surface area contributed by atoms with Crippen LogP contribution in [-0.4, -0.2) is 45.3 Å². The molecule has 0 spiro atoms. The maximum Gasteiger partial charge on any atom is 0.312 e. The molecule has 2 rings (SSSR count). The number of carbonyl (C=O) groups is 1. The van der Waals surface area contributed by atoms with E-state index >= 15 is 0 Å². The lowest BCUT2D eigenvalue weighted by molar-refractivity contribution is -0.214. The first kappa shape index (κ1) is 11.6. The van der Waals surface area contributed by atoms with Crippen LogP contribution in [0.3, 0.4) is 0 Å². The maximum atomic E-state index is 11.7. The van der Waals surface area contributed by atoms with E-state index in [1.165, 1.54) is 21.3 Å². The Balaban J connectivity index is 2.28. The van der Waals surface area contributed by atoms with Gasteiger partial charge in [0, 0.05) is 14.2 Å². The molecule has 2 bridgehead atoms. The van der Waals surface area contributed by atoms with Crippen LogP contribution >= 0.6 is 0 Å². The van der Waals surface area contributed by atoms with Crippen LogP contribution in [0.25, 0.3) is 0 Å². The van der Waals surface area contributed by atoms with Gasteiger partial charge < -0.3 is 18.9 Å². The summed E-state index contributed by atoms with van der Waals surface area (Å²) in [5.74, 6) is -0.650. The lowest BCUT2D eigenvalue weighted by Gasteiger charge is -2.34. The molecule has 0 radical (unpaired) electrons. The van der Waals surface area contributed by atoms with Crippen molar-refractivity contribution in [2.45, 2.75) is 24.4 Å². The van der Waals surface area contributed by atoms with E-state index in [2.05, 4.69) is 0 Å².